The normalized spacial score (nSPS) is 30.7. The molecule has 7 N–H and O–H groups in total. The first-order chi connectivity index (χ1) is 23.2. The van der Waals surface area contributed by atoms with Crippen LogP contribution in [-0.4, -0.2) is 154 Å². The van der Waals surface area contributed by atoms with E-state index in [1.165, 1.54) is 21.1 Å². The number of nitrogens with one attached hydrogen (secondary N) is 3. The summed E-state index contributed by atoms with van der Waals surface area (Å²) in [6, 6.07) is -3.40. The number of alkyl carbamates (subject to hydrolysis) is 2. The van der Waals surface area contributed by atoms with E-state index in [0.29, 0.717) is 0 Å². The number of ether oxygens (including phenoxy) is 6. The number of carbonyl (C=O) groups is 4. The number of nitrogens with zero attached hydrogens (tertiary/aromatic N) is 1. The quantitative estimate of drug-likeness (QED) is 0.151. The van der Waals surface area contributed by atoms with Crippen molar-refractivity contribution in [1.82, 2.24) is 20.9 Å². The van der Waals surface area contributed by atoms with Gasteiger partial charge in [0.05, 0.1) is 24.7 Å². The first-order valence-corrected chi connectivity index (χ1v) is 16.9. The average molecular weight is 737 g/mol. The molecule has 2 rings (SSSR count). The molecule has 4 amide bonds. The number of aliphatic hydroxyl groups is 4. The van der Waals surface area contributed by atoms with Crippen molar-refractivity contribution in [3.8, 4) is 0 Å². The highest BCUT2D eigenvalue weighted by atomic mass is 16.7. The summed E-state index contributed by atoms with van der Waals surface area (Å²) in [4.78, 5) is 52.0. The summed E-state index contributed by atoms with van der Waals surface area (Å²) in [7, 11) is 2.63. The number of aliphatic hydroxyl groups excluding tert-OH is 3. The van der Waals surface area contributed by atoms with Crippen LogP contribution in [0.2, 0.25) is 0 Å². The van der Waals surface area contributed by atoms with Crippen molar-refractivity contribution in [2.45, 2.75) is 159 Å². The van der Waals surface area contributed by atoms with Crippen LogP contribution in [0.25, 0.3) is 0 Å². The van der Waals surface area contributed by atoms with E-state index in [0.717, 1.165) is 4.90 Å². The Morgan fingerprint density at radius 1 is 0.863 bits per heavy atom. The lowest BCUT2D eigenvalue weighted by atomic mass is 9.83. The van der Waals surface area contributed by atoms with E-state index in [2.05, 4.69) is 16.0 Å². The summed E-state index contributed by atoms with van der Waals surface area (Å²) in [6.07, 6.45) is -11.7. The van der Waals surface area contributed by atoms with E-state index in [9.17, 15) is 39.6 Å². The summed E-state index contributed by atoms with van der Waals surface area (Å²) in [5.74, 6) is -0.894. The molecule has 2 aliphatic rings. The minimum Gasteiger partial charge on any atom is -0.444 e. The van der Waals surface area contributed by atoms with Crippen molar-refractivity contribution in [2.75, 3.05) is 27.3 Å². The van der Waals surface area contributed by atoms with Gasteiger partial charge in [-0.05, 0) is 82.1 Å². The van der Waals surface area contributed by atoms with E-state index >= 15 is 0 Å². The van der Waals surface area contributed by atoms with Crippen molar-refractivity contribution in [3.63, 3.8) is 0 Å². The van der Waals surface area contributed by atoms with Crippen LogP contribution in [-0.2, 0) is 33.2 Å². The maximum absolute atomic E-state index is 13.3. The SMILES string of the molecule is CO[C@H]1[C@H](O)[C@@H](O[C@H]2OC[C@](C)(O)[C@H](N(C)C(=O)OC(C)(C)C)[C@H]2O)[C@H](NC(=O)[C@@H](O)CCNC(=O)OC(C)(C)C)C[C@@H]1NC(=O)OC(C)(C)C. The lowest BCUT2D eigenvalue weighted by Crippen LogP contribution is -2.70. The largest absolute Gasteiger partial charge is 0.444 e. The van der Waals surface area contributed by atoms with Crippen LogP contribution >= 0.6 is 0 Å². The van der Waals surface area contributed by atoms with Gasteiger partial charge in [-0.3, -0.25) is 4.79 Å². The van der Waals surface area contributed by atoms with E-state index in [-0.39, 0.29) is 19.4 Å². The number of hydrogen-bond acceptors (Lipinski definition) is 14. The van der Waals surface area contributed by atoms with Crippen LogP contribution in [0, 0.1) is 0 Å². The summed E-state index contributed by atoms with van der Waals surface area (Å²) in [5.41, 5.74) is -4.25. The Labute approximate surface area is 299 Å². The molecule has 1 aliphatic heterocycles. The maximum atomic E-state index is 13.3. The van der Waals surface area contributed by atoms with Gasteiger partial charge < -0.3 is 69.7 Å². The van der Waals surface area contributed by atoms with E-state index in [1.54, 1.807) is 62.3 Å². The van der Waals surface area contributed by atoms with Crippen molar-refractivity contribution < 1.29 is 68.0 Å². The highest BCUT2D eigenvalue weighted by Crippen LogP contribution is 2.33. The predicted octanol–water partition coefficient (Wildman–Crippen LogP) is 0.509. The Morgan fingerprint density at radius 3 is 1.92 bits per heavy atom. The third-order valence-electron chi connectivity index (χ3n) is 7.83. The summed E-state index contributed by atoms with van der Waals surface area (Å²) in [6.45, 7) is 15.9. The van der Waals surface area contributed by atoms with Gasteiger partial charge in [-0.25, -0.2) is 14.4 Å². The van der Waals surface area contributed by atoms with Crippen LogP contribution in [0.1, 0.15) is 82.1 Å². The van der Waals surface area contributed by atoms with Gasteiger partial charge in [0.25, 0.3) is 0 Å². The molecule has 0 aromatic heterocycles. The van der Waals surface area contributed by atoms with Gasteiger partial charge in [0.15, 0.2) is 6.29 Å². The fraction of sp³-hybridized carbons (Fsp3) is 0.879. The highest BCUT2D eigenvalue weighted by molar-refractivity contribution is 5.81. The molecule has 2 fully saturated rings. The molecule has 18 nitrogen and oxygen atoms in total. The third-order valence-corrected chi connectivity index (χ3v) is 7.83. The molecule has 51 heavy (non-hydrogen) atoms. The molecule has 18 heteroatoms. The average Bonchev–Trinajstić information content (AvgIpc) is 2.93. The van der Waals surface area contributed by atoms with Crippen molar-refractivity contribution >= 4 is 24.2 Å². The molecule has 0 aromatic rings. The molecular formula is C33H60N4O14. The molecule has 296 valence electrons. The second-order valence-electron chi connectivity index (χ2n) is 16.2. The molecule has 0 radical (unpaired) electrons. The van der Waals surface area contributed by atoms with Crippen LogP contribution < -0.4 is 16.0 Å². The molecular weight excluding hydrogens is 676 g/mol. The predicted molar refractivity (Wildman–Crippen MR) is 180 cm³/mol. The van der Waals surface area contributed by atoms with Crippen LogP contribution in [0.3, 0.4) is 0 Å². The lowest BCUT2D eigenvalue weighted by molar-refractivity contribution is -0.306. The number of methoxy groups -OCH3 is 1. The molecule has 1 saturated heterocycles. The van der Waals surface area contributed by atoms with E-state index in [4.69, 9.17) is 28.4 Å². The van der Waals surface area contributed by atoms with Crippen LogP contribution in [0.5, 0.6) is 0 Å². The van der Waals surface area contributed by atoms with Gasteiger partial charge in [-0.2, -0.15) is 0 Å². The molecule has 0 spiro atoms. The number of hydrogen-bond donors (Lipinski definition) is 7. The topological polar surface area (TPSA) is 244 Å². The van der Waals surface area contributed by atoms with Gasteiger partial charge in [0.1, 0.15) is 52.9 Å². The standard InChI is InChI=1S/C33H60N4O14/c1-30(2,3)49-27(42)34-14-13-19(38)25(41)35-18-15-17(36-28(43)50-31(4,5)6)22(46-12)20(39)23(18)48-26-21(40)24(33(10,45)16-47-26)37(11)29(44)51-32(7,8)9/h17-24,26,38-40,45H,13-16H2,1-12H3,(H,34,42)(H,35,41)(H,36,43)/t17-,18+,19-,20-,21+,22+,23-,24+,26+,33-/m0/s1. The summed E-state index contributed by atoms with van der Waals surface area (Å²) >= 11 is 0. The zero-order chi connectivity index (χ0) is 39.3. The second-order valence-corrected chi connectivity index (χ2v) is 16.2. The monoisotopic (exact) mass is 736 g/mol. The molecule has 1 aliphatic carbocycles. The van der Waals surface area contributed by atoms with Gasteiger partial charge in [-0.1, -0.05) is 0 Å². The van der Waals surface area contributed by atoms with Crippen molar-refractivity contribution in [3.05, 3.63) is 0 Å². The molecule has 10 atom stereocenters. The first-order valence-electron chi connectivity index (χ1n) is 16.9. The maximum Gasteiger partial charge on any atom is 0.410 e. The smallest absolute Gasteiger partial charge is 0.410 e. The zero-order valence-corrected chi connectivity index (χ0v) is 31.8. The Hall–Kier alpha value is -3.00. The van der Waals surface area contributed by atoms with Gasteiger partial charge in [-0.15, -0.1) is 0 Å². The second kappa shape index (κ2) is 17.2. The molecule has 0 unspecified atom stereocenters. The molecule has 0 bridgehead atoms. The van der Waals surface area contributed by atoms with E-state index < -0.39 is 108 Å². The Balaban J connectivity index is 2.34. The van der Waals surface area contributed by atoms with Crippen molar-refractivity contribution in [1.29, 1.82) is 0 Å². The van der Waals surface area contributed by atoms with Gasteiger partial charge in [0.2, 0.25) is 5.91 Å². The molecule has 0 aromatic carbocycles. The lowest BCUT2D eigenvalue weighted by Gasteiger charge is -2.50. The molecule has 1 saturated carbocycles. The minimum absolute atomic E-state index is 0.111. The van der Waals surface area contributed by atoms with Crippen LogP contribution in [0.15, 0.2) is 0 Å². The Kier molecular flexibility index (Phi) is 14.9. The zero-order valence-electron chi connectivity index (χ0n) is 31.8. The summed E-state index contributed by atoms with van der Waals surface area (Å²) in [5, 5.41) is 52.6. The third kappa shape index (κ3) is 13.5. The fourth-order valence-corrected chi connectivity index (χ4v) is 5.78. The van der Waals surface area contributed by atoms with Gasteiger partial charge >= 0.3 is 18.3 Å². The number of amides is 4. The van der Waals surface area contributed by atoms with Gasteiger partial charge in [0, 0.05) is 20.7 Å². The van der Waals surface area contributed by atoms with E-state index in [1.807, 2.05) is 0 Å². The minimum atomic E-state index is -1.77. The van der Waals surface area contributed by atoms with Crippen LogP contribution in [0.4, 0.5) is 14.4 Å². The molecule has 1 heterocycles. The Bertz CT molecular complexity index is 1200. The number of likely N-dealkylation sites (N-methyl/N-ethyl adjacent to an activating group) is 1. The fourth-order valence-electron chi connectivity index (χ4n) is 5.78. The van der Waals surface area contributed by atoms with Crippen molar-refractivity contribution in [2.24, 2.45) is 0 Å². The highest BCUT2D eigenvalue weighted by Gasteiger charge is 2.54. The number of carbonyl (C=O) groups excluding carboxylic acids is 4. The first kappa shape index (κ1) is 44.2. The Morgan fingerprint density at radius 2 is 1.39 bits per heavy atom. The summed E-state index contributed by atoms with van der Waals surface area (Å²) < 4.78 is 33.3. The number of rotatable bonds is 10.